The number of carbonyl (C=O) groups is 1. The minimum atomic E-state index is -0.892. The molecule has 43 heavy (non-hydrogen) atoms. The number of phenols is 1. The molecule has 4 aromatic rings. The summed E-state index contributed by atoms with van der Waals surface area (Å²) in [5.74, 6) is 0.580. The van der Waals surface area contributed by atoms with Crippen LogP contribution >= 0.6 is 11.3 Å². The Balaban J connectivity index is 1.84. The summed E-state index contributed by atoms with van der Waals surface area (Å²) in [6, 6.07) is 16.8. The molecule has 0 spiro atoms. The first-order chi connectivity index (χ1) is 20.8. The van der Waals surface area contributed by atoms with E-state index in [9.17, 15) is 14.7 Å². The lowest BCUT2D eigenvalue weighted by atomic mass is 9.93. The van der Waals surface area contributed by atoms with Crippen LogP contribution in [0.4, 0.5) is 0 Å². The zero-order valence-electron chi connectivity index (χ0n) is 24.2. The number of carbonyl (C=O) groups excluding carboxylic acids is 1. The highest BCUT2D eigenvalue weighted by Crippen LogP contribution is 2.39. The van der Waals surface area contributed by atoms with Gasteiger partial charge in [-0.1, -0.05) is 47.7 Å². The van der Waals surface area contributed by atoms with Gasteiger partial charge >= 0.3 is 5.97 Å². The molecule has 0 saturated carbocycles. The van der Waals surface area contributed by atoms with E-state index in [1.807, 2.05) is 30.3 Å². The van der Waals surface area contributed by atoms with E-state index in [1.54, 1.807) is 43.3 Å². The first-order valence-electron chi connectivity index (χ1n) is 13.3. The normalized spacial score (nSPS) is 14.5. The third-order valence-corrected chi connectivity index (χ3v) is 7.88. The smallest absolute Gasteiger partial charge is 0.338 e. The van der Waals surface area contributed by atoms with Gasteiger partial charge in [0.25, 0.3) is 5.56 Å². The van der Waals surface area contributed by atoms with Crippen LogP contribution in [0.3, 0.4) is 0 Å². The Hall–Kier alpha value is -5.03. The van der Waals surface area contributed by atoms with Crippen molar-refractivity contribution in [3.05, 3.63) is 103 Å². The summed E-state index contributed by atoms with van der Waals surface area (Å²) in [7, 11) is 5.91. The van der Waals surface area contributed by atoms with Crippen molar-refractivity contribution < 1.29 is 33.6 Å². The summed E-state index contributed by atoms with van der Waals surface area (Å²) in [5, 5.41) is 10.4. The van der Waals surface area contributed by atoms with E-state index in [-0.39, 0.29) is 35.0 Å². The molecule has 2 heterocycles. The molecular weight excluding hydrogens is 572 g/mol. The third kappa shape index (κ3) is 5.46. The summed E-state index contributed by atoms with van der Waals surface area (Å²) < 4.78 is 28.9. The lowest BCUT2D eigenvalue weighted by Gasteiger charge is -2.26. The molecule has 1 aliphatic heterocycles. The van der Waals surface area contributed by atoms with Gasteiger partial charge in [-0.05, 0) is 48.4 Å². The van der Waals surface area contributed by atoms with E-state index in [1.165, 1.54) is 44.3 Å². The second-order valence-corrected chi connectivity index (χ2v) is 10.3. The fourth-order valence-electron chi connectivity index (χ4n) is 4.93. The molecule has 11 heteroatoms. The molecule has 0 aliphatic carbocycles. The Morgan fingerprint density at radius 1 is 0.930 bits per heavy atom. The SMILES string of the molecule is CCOC(=O)C1=C(c2ccccc2)N=c2s/c(=C/c3cc(OC)c(O)c(OC)c3)c(=O)n2[C@H]1c1ccc(OC)c(OC)c1. The zero-order valence-corrected chi connectivity index (χ0v) is 25.1. The van der Waals surface area contributed by atoms with Crippen molar-refractivity contribution in [2.24, 2.45) is 4.99 Å². The molecule has 1 atom stereocenters. The van der Waals surface area contributed by atoms with Gasteiger partial charge in [-0.25, -0.2) is 9.79 Å². The van der Waals surface area contributed by atoms with Gasteiger partial charge in [0.2, 0.25) is 5.75 Å². The van der Waals surface area contributed by atoms with E-state index in [4.69, 9.17) is 28.7 Å². The second kappa shape index (κ2) is 12.5. The van der Waals surface area contributed by atoms with Crippen molar-refractivity contribution in [3.63, 3.8) is 0 Å². The summed E-state index contributed by atoms with van der Waals surface area (Å²) >= 11 is 1.17. The van der Waals surface area contributed by atoms with Crippen LogP contribution in [0.2, 0.25) is 0 Å². The topological polar surface area (TPSA) is 118 Å². The van der Waals surface area contributed by atoms with Crippen LogP contribution in [-0.2, 0) is 9.53 Å². The number of hydrogen-bond acceptors (Lipinski definition) is 10. The lowest BCUT2D eigenvalue weighted by molar-refractivity contribution is -0.138. The van der Waals surface area contributed by atoms with Gasteiger partial charge in [-0.3, -0.25) is 9.36 Å². The fraction of sp³-hybridized carbons (Fsp3) is 0.219. The maximum absolute atomic E-state index is 14.2. The van der Waals surface area contributed by atoms with E-state index >= 15 is 0 Å². The molecule has 222 valence electrons. The first-order valence-corrected chi connectivity index (χ1v) is 14.1. The molecule has 3 aromatic carbocycles. The lowest BCUT2D eigenvalue weighted by Crippen LogP contribution is -2.40. The van der Waals surface area contributed by atoms with Crippen LogP contribution in [0, 0.1) is 0 Å². The molecule has 0 saturated heterocycles. The molecule has 1 aromatic heterocycles. The second-order valence-electron chi connectivity index (χ2n) is 9.32. The Bertz CT molecular complexity index is 1870. The predicted molar refractivity (Wildman–Crippen MR) is 162 cm³/mol. The molecule has 0 fully saturated rings. The Morgan fingerprint density at radius 3 is 2.19 bits per heavy atom. The van der Waals surface area contributed by atoms with Crippen LogP contribution in [0.5, 0.6) is 28.7 Å². The van der Waals surface area contributed by atoms with E-state index < -0.39 is 12.0 Å². The quantitative estimate of drug-likeness (QED) is 0.289. The van der Waals surface area contributed by atoms with E-state index in [0.29, 0.717) is 43.2 Å². The summed E-state index contributed by atoms with van der Waals surface area (Å²) in [6.07, 6.45) is 1.66. The zero-order chi connectivity index (χ0) is 30.7. The number of aromatic nitrogens is 1. The molecule has 1 aliphatic rings. The molecule has 0 radical (unpaired) electrons. The minimum Gasteiger partial charge on any atom is -0.502 e. The van der Waals surface area contributed by atoms with Crippen molar-refractivity contribution in [1.29, 1.82) is 0 Å². The number of benzene rings is 3. The van der Waals surface area contributed by atoms with Gasteiger partial charge < -0.3 is 28.8 Å². The van der Waals surface area contributed by atoms with Crippen molar-refractivity contribution in [2.45, 2.75) is 13.0 Å². The monoisotopic (exact) mass is 602 g/mol. The van der Waals surface area contributed by atoms with Crippen molar-refractivity contribution in [2.75, 3.05) is 35.0 Å². The van der Waals surface area contributed by atoms with Crippen LogP contribution in [-0.4, -0.2) is 50.7 Å². The number of methoxy groups -OCH3 is 4. The number of rotatable bonds is 9. The van der Waals surface area contributed by atoms with Gasteiger partial charge in [0.1, 0.15) is 0 Å². The highest BCUT2D eigenvalue weighted by Gasteiger charge is 2.35. The van der Waals surface area contributed by atoms with E-state index in [2.05, 4.69) is 0 Å². The van der Waals surface area contributed by atoms with Gasteiger partial charge in [0.05, 0.1) is 56.9 Å². The Kier molecular flexibility index (Phi) is 8.53. The molecule has 5 rings (SSSR count). The molecule has 0 unspecified atom stereocenters. The van der Waals surface area contributed by atoms with Crippen LogP contribution < -0.4 is 33.8 Å². The van der Waals surface area contributed by atoms with Gasteiger partial charge in [-0.15, -0.1) is 0 Å². The van der Waals surface area contributed by atoms with Crippen molar-refractivity contribution >= 4 is 29.1 Å². The average Bonchev–Trinajstić information content (AvgIpc) is 3.34. The maximum Gasteiger partial charge on any atom is 0.338 e. The number of nitrogens with zero attached hydrogens (tertiary/aromatic N) is 2. The highest BCUT2D eigenvalue weighted by atomic mass is 32.1. The standard InChI is InChI=1S/C32H30N2O8S/c1-6-42-31(37)26-27(19-10-8-7-9-11-19)33-32-34(28(26)20-12-13-21(38-2)22(17-20)39-3)30(36)25(43-32)16-18-14-23(40-4)29(35)24(15-18)41-5/h7-17,28,35H,6H2,1-5H3/b25-16+/t28-/m0/s1. The van der Waals surface area contributed by atoms with Crippen LogP contribution in [0.25, 0.3) is 11.8 Å². The van der Waals surface area contributed by atoms with E-state index in [0.717, 1.165) is 0 Å². The Labute approximate surface area is 251 Å². The molecule has 10 nitrogen and oxygen atoms in total. The van der Waals surface area contributed by atoms with Crippen LogP contribution in [0.15, 0.2) is 76.0 Å². The first kappa shape index (κ1) is 29.5. The predicted octanol–water partition coefficient (Wildman–Crippen LogP) is 3.68. The number of ether oxygens (including phenoxy) is 5. The third-order valence-electron chi connectivity index (χ3n) is 6.90. The Morgan fingerprint density at radius 2 is 1.58 bits per heavy atom. The molecule has 0 bridgehead atoms. The minimum absolute atomic E-state index is 0.137. The number of hydrogen-bond donors (Lipinski definition) is 1. The summed E-state index contributed by atoms with van der Waals surface area (Å²) in [4.78, 5) is 33.1. The van der Waals surface area contributed by atoms with Crippen LogP contribution in [0.1, 0.15) is 29.7 Å². The number of fused-ring (bicyclic) bond motifs is 1. The van der Waals surface area contributed by atoms with Gasteiger partial charge in [0, 0.05) is 5.56 Å². The number of thiazole rings is 1. The fourth-order valence-corrected chi connectivity index (χ4v) is 5.93. The number of aromatic hydroxyl groups is 1. The van der Waals surface area contributed by atoms with Gasteiger partial charge in [-0.2, -0.15) is 0 Å². The maximum atomic E-state index is 14.2. The molecule has 0 amide bonds. The average molecular weight is 603 g/mol. The summed E-state index contributed by atoms with van der Waals surface area (Å²) in [6.45, 7) is 1.86. The number of phenolic OH excluding ortho intramolecular Hbond substituents is 1. The molecular formula is C32H30N2O8S. The molecule has 1 N–H and O–H groups in total. The number of esters is 1. The largest absolute Gasteiger partial charge is 0.502 e. The summed E-state index contributed by atoms with van der Waals surface area (Å²) in [5.41, 5.74) is 2.11. The van der Waals surface area contributed by atoms with Gasteiger partial charge in [0.15, 0.2) is 27.8 Å². The van der Waals surface area contributed by atoms with Crippen molar-refractivity contribution in [3.8, 4) is 28.7 Å². The highest BCUT2D eigenvalue weighted by molar-refractivity contribution is 7.07. The van der Waals surface area contributed by atoms with Crippen molar-refractivity contribution in [1.82, 2.24) is 4.57 Å².